The molecule has 0 aliphatic carbocycles. The van der Waals surface area contributed by atoms with Crippen molar-refractivity contribution in [2.45, 2.75) is 6.92 Å². The Morgan fingerprint density at radius 1 is 1.70 bits per heavy atom. The lowest BCUT2D eigenvalue weighted by Gasteiger charge is -1.99. The first kappa shape index (κ1) is 6.74. The first-order valence-corrected chi connectivity index (χ1v) is 2.93. The molecule has 2 N–H and O–H groups in total. The predicted molar refractivity (Wildman–Crippen MR) is 41.2 cm³/mol. The normalized spacial score (nSPS) is 9.30. The summed E-state index contributed by atoms with van der Waals surface area (Å²) >= 11 is 0. The summed E-state index contributed by atoms with van der Waals surface area (Å²) in [6, 6.07) is 0. The number of hydrogen-bond acceptors (Lipinski definition) is 3. The van der Waals surface area contributed by atoms with Crippen molar-refractivity contribution in [3.8, 4) is 0 Å². The maximum Gasteiger partial charge on any atom is 0.134 e. The third-order valence-corrected chi connectivity index (χ3v) is 1.20. The molecule has 10 heavy (non-hydrogen) atoms. The molecule has 0 saturated heterocycles. The van der Waals surface area contributed by atoms with Gasteiger partial charge in [0, 0.05) is 11.8 Å². The van der Waals surface area contributed by atoms with E-state index in [0.717, 1.165) is 11.1 Å². The molecule has 0 amide bonds. The number of rotatable bonds is 1. The zero-order chi connectivity index (χ0) is 7.56. The molecule has 1 aromatic rings. The van der Waals surface area contributed by atoms with Gasteiger partial charge in [0.2, 0.25) is 0 Å². The fraction of sp³-hybridized carbons (Fsp3) is 0.143. The molecule has 1 aromatic heterocycles. The molecule has 0 unspecified atom stereocenters. The Bertz CT molecular complexity index is 255. The van der Waals surface area contributed by atoms with E-state index in [1.165, 1.54) is 6.33 Å². The summed E-state index contributed by atoms with van der Waals surface area (Å²) in [5.74, 6) is 0.488. The van der Waals surface area contributed by atoms with Gasteiger partial charge in [-0.3, -0.25) is 0 Å². The summed E-state index contributed by atoms with van der Waals surface area (Å²) in [5.41, 5.74) is 7.22. The van der Waals surface area contributed by atoms with Gasteiger partial charge in [0.15, 0.2) is 0 Å². The first-order valence-electron chi connectivity index (χ1n) is 2.93. The summed E-state index contributed by atoms with van der Waals surface area (Å²) in [5, 5.41) is 0. The zero-order valence-corrected chi connectivity index (χ0v) is 5.83. The summed E-state index contributed by atoms with van der Waals surface area (Å²) < 4.78 is 0. The smallest absolute Gasteiger partial charge is 0.134 e. The summed E-state index contributed by atoms with van der Waals surface area (Å²) in [6.45, 7) is 5.60. The van der Waals surface area contributed by atoms with E-state index in [9.17, 15) is 0 Å². The third-order valence-electron chi connectivity index (χ3n) is 1.20. The van der Waals surface area contributed by atoms with Gasteiger partial charge in [-0.15, -0.1) is 0 Å². The topological polar surface area (TPSA) is 51.8 Å². The lowest BCUT2D eigenvalue weighted by Crippen LogP contribution is -1.95. The molecule has 1 rings (SSSR count). The largest absolute Gasteiger partial charge is 0.383 e. The Kier molecular flexibility index (Phi) is 1.67. The maximum atomic E-state index is 5.51. The summed E-state index contributed by atoms with van der Waals surface area (Å²) in [4.78, 5) is 7.62. The average Bonchev–Trinajstić information content (AvgIpc) is 1.88. The number of aromatic nitrogens is 2. The highest BCUT2D eigenvalue weighted by Gasteiger charge is 1.97. The van der Waals surface area contributed by atoms with Crippen LogP contribution in [0, 0.1) is 0 Å². The molecule has 0 atom stereocenters. The van der Waals surface area contributed by atoms with Crippen LogP contribution in [-0.4, -0.2) is 9.97 Å². The van der Waals surface area contributed by atoms with Crippen molar-refractivity contribution in [3.05, 3.63) is 24.7 Å². The van der Waals surface area contributed by atoms with Crippen LogP contribution in [0.1, 0.15) is 12.5 Å². The third kappa shape index (κ3) is 1.13. The van der Waals surface area contributed by atoms with Gasteiger partial charge < -0.3 is 5.73 Å². The molecular formula is C7H9N3. The van der Waals surface area contributed by atoms with Crippen LogP contribution in [0.25, 0.3) is 5.57 Å². The molecule has 0 fully saturated rings. The quantitative estimate of drug-likeness (QED) is 0.627. The number of hydrogen-bond donors (Lipinski definition) is 1. The van der Waals surface area contributed by atoms with Crippen LogP contribution in [-0.2, 0) is 0 Å². The number of nitrogen functional groups attached to an aromatic ring is 1. The maximum absolute atomic E-state index is 5.51. The zero-order valence-electron chi connectivity index (χ0n) is 5.83. The second-order valence-electron chi connectivity index (χ2n) is 2.10. The molecule has 52 valence electrons. The number of nitrogens with zero attached hydrogens (tertiary/aromatic N) is 2. The SMILES string of the molecule is C=C(C)c1cncnc1N. The van der Waals surface area contributed by atoms with E-state index in [1.54, 1.807) is 6.20 Å². The molecule has 3 heteroatoms. The van der Waals surface area contributed by atoms with Gasteiger partial charge in [0.25, 0.3) is 0 Å². The Balaban J connectivity index is 3.15. The standard InChI is InChI=1S/C7H9N3/c1-5(2)6-3-9-4-10-7(6)8/h3-4H,1H2,2H3,(H2,8,9,10). The van der Waals surface area contributed by atoms with Crippen LogP contribution >= 0.6 is 0 Å². The van der Waals surface area contributed by atoms with Gasteiger partial charge in [-0.1, -0.05) is 6.58 Å². The minimum Gasteiger partial charge on any atom is -0.383 e. The van der Waals surface area contributed by atoms with E-state index in [-0.39, 0.29) is 0 Å². The van der Waals surface area contributed by atoms with Crippen LogP contribution < -0.4 is 5.73 Å². The van der Waals surface area contributed by atoms with Crippen molar-refractivity contribution < 1.29 is 0 Å². The number of allylic oxidation sites excluding steroid dienone is 1. The van der Waals surface area contributed by atoms with Gasteiger partial charge in [-0.2, -0.15) is 0 Å². The Hall–Kier alpha value is -1.38. The molecule has 0 aliphatic rings. The molecule has 0 saturated carbocycles. The second kappa shape index (κ2) is 2.47. The van der Waals surface area contributed by atoms with Gasteiger partial charge in [0.05, 0.1) is 0 Å². The van der Waals surface area contributed by atoms with Crippen molar-refractivity contribution in [1.82, 2.24) is 9.97 Å². The molecule has 0 aromatic carbocycles. The van der Waals surface area contributed by atoms with Crippen LogP contribution in [0.5, 0.6) is 0 Å². The van der Waals surface area contributed by atoms with E-state index in [1.807, 2.05) is 6.92 Å². The van der Waals surface area contributed by atoms with Crippen molar-refractivity contribution in [2.75, 3.05) is 5.73 Å². The van der Waals surface area contributed by atoms with Crippen molar-refractivity contribution in [2.24, 2.45) is 0 Å². The molecule has 0 bridgehead atoms. The highest BCUT2D eigenvalue weighted by Crippen LogP contribution is 2.14. The lowest BCUT2D eigenvalue weighted by atomic mass is 10.2. The lowest BCUT2D eigenvalue weighted by molar-refractivity contribution is 1.16. The van der Waals surface area contributed by atoms with Gasteiger partial charge in [-0.05, 0) is 12.5 Å². The van der Waals surface area contributed by atoms with E-state index in [4.69, 9.17) is 5.73 Å². The fourth-order valence-corrected chi connectivity index (χ4v) is 0.668. The van der Waals surface area contributed by atoms with Gasteiger partial charge >= 0.3 is 0 Å². The molecular weight excluding hydrogens is 126 g/mol. The highest BCUT2D eigenvalue weighted by molar-refractivity contribution is 5.68. The van der Waals surface area contributed by atoms with Crippen molar-refractivity contribution >= 4 is 11.4 Å². The average molecular weight is 135 g/mol. The molecule has 1 heterocycles. The van der Waals surface area contributed by atoms with Crippen LogP contribution in [0.4, 0.5) is 5.82 Å². The minimum absolute atomic E-state index is 0.488. The van der Waals surface area contributed by atoms with E-state index < -0.39 is 0 Å². The predicted octanol–water partition coefficient (Wildman–Crippen LogP) is 1.09. The Morgan fingerprint density at radius 2 is 2.40 bits per heavy atom. The van der Waals surface area contributed by atoms with Crippen LogP contribution in [0.3, 0.4) is 0 Å². The van der Waals surface area contributed by atoms with Crippen molar-refractivity contribution in [3.63, 3.8) is 0 Å². The first-order chi connectivity index (χ1) is 4.72. The number of anilines is 1. The Morgan fingerprint density at radius 3 is 2.80 bits per heavy atom. The van der Waals surface area contributed by atoms with Gasteiger partial charge in [0.1, 0.15) is 12.1 Å². The van der Waals surface area contributed by atoms with Crippen LogP contribution in [0.15, 0.2) is 19.1 Å². The summed E-state index contributed by atoms with van der Waals surface area (Å²) in [6.07, 6.45) is 3.08. The van der Waals surface area contributed by atoms with E-state index in [2.05, 4.69) is 16.5 Å². The Labute approximate surface area is 59.6 Å². The molecule has 0 radical (unpaired) electrons. The number of nitrogens with two attached hydrogens (primary N) is 1. The van der Waals surface area contributed by atoms with E-state index >= 15 is 0 Å². The van der Waals surface area contributed by atoms with Crippen molar-refractivity contribution in [1.29, 1.82) is 0 Å². The monoisotopic (exact) mass is 135 g/mol. The molecule has 0 spiro atoms. The second-order valence-corrected chi connectivity index (χ2v) is 2.10. The fourth-order valence-electron chi connectivity index (χ4n) is 0.668. The molecule has 3 nitrogen and oxygen atoms in total. The molecule has 0 aliphatic heterocycles. The summed E-state index contributed by atoms with van der Waals surface area (Å²) in [7, 11) is 0. The van der Waals surface area contributed by atoms with Gasteiger partial charge in [-0.25, -0.2) is 9.97 Å². The highest BCUT2D eigenvalue weighted by atomic mass is 14.9. The van der Waals surface area contributed by atoms with E-state index in [0.29, 0.717) is 5.82 Å². The van der Waals surface area contributed by atoms with Crippen LogP contribution in [0.2, 0.25) is 0 Å². The minimum atomic E-state index is 0.488.